The number of likely N-dealkylation sites (tertiary alicyclic amines) is 1. The molecule has 0 aliphatic carbocycles. The predicted molar refractivity (Wildman–Crippen MR) is 70.9 cm³/mol. The molecular weight excluding hydrogens is 244 g/mol. The molecule has 1 aliphatic rings. The van der Waals surface area contributed by atoms with E-state index in [1.165, 1.54) is 12.3 Å². The lowest BCUT2D eigenvalue weighted by Crippen LogP contribution is -2.36. The fourth-order valence-corrected chi connectivity index (χ4v) is 2.34. The molecule has 2 rings (SSSR count). The fraction of sp³-hybridized carbons (Fsp3) is 0.571. The van der Waals surface area contributed by atoms with E-state index in [0.29, 0.717) is 18.5 Å². The minimum atomic E-state index is -0.608. The first-order valence-electron chi connectivity index (χ1n) is 6.68. The van der Waals surface area contributed by atoms with Crippen molar-refractivity contribution in [3.05, 3.63) is 24.2 Å². The number of hydrogen-bond donors (Lipinski definition) is 1. The van der Waals surface area contributed by atoms with Crippen molar-refractivity contribution in [2.45, 2.75) is 26.3 Å². The fourth-order valence-electron chi connectivity index (χ4n) is 2.34. The molecular formula is C14H20N2O3. The lowest BCUT2D eigenvalue weighted by molar-refractivity contribution is -0.117. The maximum atomic E-state index is 11.7. The minimum absolute atomic E-state index is 0.0905. The van der Waals surface area contributed by atoms with Crippen LogP contribution in [0.25, 0.3) is 0 Å². The van der Waals surface area contributed by atoms with Crippen LogP contribution in [0.2, 0.25) is 0 Å². The van der Waals surface area contributed by atoms with Crippen molar-refractivity contribution in [2.24, 2.45) is 5.92 Å². The second-order valence-electron chi connectivity index (χ2n) is 5.26. The third-order valence-electron chi connectivity index (χ3n) is 3.55. The third-order valence-corrected chi connectivity index (χ3v) is 3.55. The summed E-state index contributed by atoms with van der Waals surface area (Å²) in [6.45, 7) is 6.93. The van der Waals surface area contributed by atoms with Gasteiger partial charge in [0.2, 0.25) is 0 Å². The number of hydrogen-bond acceptors (Lipinski definition) is 4. The summed E-state index contributed by atoms with van der Waals surface area (Å²) in [5.41, 5.74) is 0. The van der Waals surface area contributed by atoms with Crippen LogP contribution >= 0.6 is 0 Å². The third kappa shape index (κ3) is 3.44. The van der Waals surface area contributed by atoms with Crippen molar-refractivity contribution in [3.8, 4) is 0 Å². The molecule has 1 aromatic heterocycles. The molecule has 1 saturated heterocycles. The van der Waals surface area contributed by atoms with Crippen molar-refractivity contribution < 1.29 is 14.0 Å². The predicted octanol–water partition coefficient (Wildman–Crippen LogP) is 1.31. The first-order valence-corrected chi connectivity index (χ1v) is 6.68. The summed E-state index contributed by atoms with van der Waals surface area (Å²) in [4.78, 5) is 25.7. The zero-order chi connectivity index (χ0) is 13.8. The zero-order valence-electron chi connectivity index (χ0n) is 11.4. The van der Waals surface area contributed by atoms with E-state index >= 15 is 0 Å². The number of nitrogens with zero attached hydrogens (tertiary/aromatic N) is 1. The molecule has 1 aromatic rings. The van der Waals surface area contributed by atoms with E-state index in [9.17, 15) is 9.59 Å². The Morgan fingerprint density at radius 2 is 2.32 bits per heavy atom. The number of furan rings is 1. The number of nitrogens with one attached hydrogen (secondary N) is 1. The van der Waals surface area contributed by atoms with Crippen LogP contribution in [0.15, 0.2) is 22.8 Å². The van der Waals surface area contributed by atoms with Gasteiger partial charge >= 0.3 is 0 Å². The molecule has 1 aliphatic heterocycles. The molecule has 1 unspecified atom stereocenters. The van der Waals surface area contributed by atoms with Crippen molar-refractivity contribution in [1.29, 1.82) is 0 Å². The van der Waals surface area contributed by atoms with E-state index in [4.69, 9.17) is 4.42 Å². The van der Waals surface area contributed by atoms with Gasteiger partial charge in [-0.25, -0.2) is 0 Å². The molecule has 0 spiro atoms. The van der Waals surface area contributed by atoms with Gasteiger partial charge in [-0.05, 0) is 44.9 Å². The zero-order valence-corrected chi connectivity index (χ0v) is 11.4. The van der Waals surface area contributed by atoms with Gasteiger partial charge in [0.25, 0.3) is 11.7 Å². The van der Waals surface area contributed by atoms with Crippen LogP contribution in [0.1, 0.15) is 30.8 Å². The first kappa shape index (κ1) is 13.8. The van der Waals surface area contributed by atoms with Gasteiger partial charge < -0.3 is 14.6 Å². The Hall–Kier alpha value is -1.62. The van der Waals surface area contributed by atoms with E-state index in [-0.39, 0.29) is 5.76 Å². The number of carbonyl (C=O) groups is 2. The summed E-state index contributed by atoms with van der Waals surface area (Å²) >= 11 is 0. The van der Waals surface area contributed by atoms with E-state index in [0.717, 1.165) is 19.5 Å². The Bertz CT molecular complexity index is 440. The Balaban J connectivity index is 1.77. The molecule has 1 fully saturated rings. The summed E-state index contributed by atoms with van der Waals surface area (Å²) in [5.74, 6) is -0.676. The molecule has 1 N–H and O–H groups in total. The summed E-state index contributed by atoms with van der Waals surface area (Å²) in [5, 5.41) is 2.70. The molecule has 0 saturated carbocycles. The number of carbonyl (C=O) groups excluding carboxylic acids is 2. The van der Waals surface area contributed by atoms with Crippen LogP contribution in [0.5, 0.6) is 0 Å². The highest BCUT2D eigenvalue weighted by molar-refractivity contribution is 6.42. The van der Waals surface area contributed by atoms with Crippen molar-refractivity contribution >= 4 is 11.7 Å². The summed E-state index contributed by atoms with van der Waals surface area (Å²) < 4.78 is 4.92. The van der Waals surface area contributed by atoms with E-state index in [2.05, 4.69) is 24.1 Å². The second kappa shape index (κ2) is 6.02. The Morgan fingerprint density at radius 1 is 1.53 bits per heavy atom. The van der Waals surface area contributed by atoms with Gasteiger partial charge in [-0.15, -0.1) is 0 Å². The minimum Gasteiger partial charge on any atom is -0.461 e. The number of amides is 1. The van der Waals surface area contributed by atoms with Crippen LogP contribution < -0.4 is 5.32 Å². The van der Waals surface area contributed by atoms with Crippen LogP contribution in [0.4, 0.5) is 0 Å². The molecule has 5 heteroatoms. The van der Waals surface area contributed by atoms with E-state index < -0.39 is 11.7 Å². The smallest absolute Gasteiger partial charge is 0.295 e. The topological polar surface area (TPSA) is 62.6 Å². The van der Waals surface area contributed by atoms with Crippen LogP contribution in [-0.2, 0) is 4.79 Å². The van der Waals surface area contributed by atoms with Crippen molar-refractivity contribution in [2.75, 3.05) is 19.6 Å². The van der Waals surface area contributed by atoms with Gasteiger partial charge in [0.15, 0.2) is 5.76 Å². The van der Waals surface area contributed by atoms with E-state index in [1.54, 1.807) is 6.07 Å². The maximum Gasteiger partial charge on any atom is 0.295 e. The molecule has 104 valence electrons. The summed E-state index contributed by atoms with van der Waals surface area (Å²) in [7, 11) is 0. The number of rotatable bonds is 5. The van der Waals surface area contributed by atoms with Crippen LogP contribution in [0, 0.1) is 5.92 Å². The monoisotopic (exact) mass is 264 g/mol. The normalized spacial score (nSPS) is 19.8. The van der Waals surface area contributed by atoms with Gasteiger partial charge in [0.05, 0.1) is 6.26 Å². The molecule has 19 heavy (non-hydrogen) atoms. The summed E-state index contributed by atoms with van der Waals surface area (Å²) in [6.07, 6.45) is 2.45. The number of Topliss-reactive ketones (excluding diaryl/α,β-unsaturated/α-hetero) is 1. The van der Waals surface area contributed by atoms with Crippen LogP contribution in [-0.4, -0.2) is 42.3 Å². The highest BCUT2D eigenvalue weighted by Gasteiger charge is 2.26. The average Bonchev–Trinajstić information content (AvgIpc) is 3.05. The summed E-state index contributed by atoms with van der Waals surface area (Å²) in [6, 6.07) is 3.63. The molecule has 1 amide bonds. The van der Waals surface area contributed by atoms with Gasteiger partial charge in [-0.2, -0.15) is 0 Å². The first-order chi connectivity index (χ1) is 9.08. The molecule has 0 aromatic carbocycles. The Kier molecular flexibility index (Phi) is 4.37. The van der Waals surface area contributed by atoms with Crippen LogP contribution in [0.3, 0.4) is 0 Å². The second-order valence-corrected chi connectivity index (χ2v) is 5.26. The molecule has 5 nitrogen and oxygen atoms in total. The quantitative estimate of drug-likeness (QED) is 0.643. The molecule has 1 atom stereocenters. The standard InChI is InChI=1S/C14H20N2O3/c1-10(2)16-6-5-11(9-16)8-15-14(18)13(17)12-4-3-7-19-12/h3-4,7,10-11H,5-6,8-9H2,1-2H3,(H,15,18). The van der Waals surface area contributed by atoms with Crippen molar-refractivity contribution in [3.63, 3.8) is 0 Å². The number of ketones is 1. The largest absolute Gasteiger partial charge is 0.461 e. The lowest BCUT2D eigenvalue weighted by Gasteiger charge is -2.20. The molecule has 0 bridgehead atoms. The van der Waals surface area contributed by atoms with Gasteiger partial charge in [-0.1, -0.05) is 0 Å². The van der Waals surface area contributed by atoms with Gasteiger partial charge in [0.1, 0.15) is 0 Å². The van der Waals surface area contributed by atoms with Crippen molar-refractivity contribution in [1.82, 2.24) is 10.2 Å². The maximum absolute atomic E-state index is 11.7. The molecule has 2 heterocycles. The Morgan fingerprint density at radius 3 is 2.89 bits per heavy atom. The van der Waals surface area contributed by atoms with Gasteiger partial charge in [0, 0.05) is 19.1 Å². The highest BCUT2D eigenvalue weighted by atomic mass is 16.3. The lowest BCUT2D eigenvalue weighted by atomic mass is 10.1. The Labute approximate surface area is 113 Å². The van der Waals surface area contributed by atoms with E-state index in [1.807, 2.05) is 0 Å². The highest BCUT2D eigenvalue weighted by Crippen LogP contribution is 2.17. The average molecular weight is 264 g/mol. The molecule has 0 radical (unpaired) electrons. The SMILES string of the molecule is CC(C)N1CCC(CNC(=O)C(=O)c2ccco2)C1. The van der Waals surface area contributed by atoms with Gasteiger partial charge in [-0.3, -0.25) is 9.59 Å².